The van der Waals surface area contributed by atoms with Crippen LogP contribution in [0.5, 0.6) is 0 Å². The van der Waals surface area contributed by atoms with Crippen LogP contribution < -0.4 is 11.1 Å². The van der Waals surface area contributed by atoms with E-state index in [-0.39, 0.29) is 29.8 Å². The predicted molar refractivity (Wildman–Crippen MR) is 88.9 cm³/mol. The molecule has 0 saturated carbocycles. The summed E-state index contributed by atoms with van der Waals surface area (Å²) in [4.78, 5) is 34.2. The highest BCUT2D eigenvalue weighted by molar-refractivity contribution is 5.80. The Morgan fingerprint density at radius 2 is 2.17 bits per heavy atom. The minimum Gasteiger partial charge on any atom is -0.407 e. The number of unbranched alkanes of at least 4 members (excludes halogenated alkanes) is 2. The second-order valence-electron chi connectivity index (χ2n) is 5.83. The molecule has 1 aromatic carbocycles. The molecule has 0 aliphatic heterocycles. The minimum atomic E-state index is -0.709. The lowest BCUT2D eigenvalue weighted by Crippen LogP contribution is -2.36. The van der Waals surface area contributed by atoms with E-state index in [4.69, 9.17) is 4.42 Å². The topological polar surface area (TPSA) is 107 Å². The van der Waals surface area contributed by atoms with Crippen LogP contribution in [-0.2, 0) is 11.3 Å². The van der Waals surface area contributed by atoms with Crippen molar-refractivity contribution in [1.82, 2.24) is 9.88 Å². The van der Waals surface area contributed by atoms with Crippen LogP contribution in [0, 0.1) is 10.1 Å². The van der Waals surface area contributed by atoms with Gasteiger partial charge in [-0.25, -0.2) is 4.79 Å². The highest BCUT2D eigenvalue weighted by atomic mass is 16.6. The van der Waals surface area contributed by atoms with Crippen molar-refractivity contribution < 1.29 is 14.1 Å². The molecule has 24 heavy (non-hydrogen) atoms. The van der Waals surface area contributed by atoms with E-state index in [1.54, 1.807) is 0 Å². The fourth-order valence-electron chi connectivity index (χ4n) is 2.56. The number of nitrogens with one attached hydrogen (secondary N) is 1. The van der Waals surface area contributed by atoms with Gasteiger partial charge in [-0.05, 0) is 19.4 Å². The molecule has 0 spiro atoms. The Morgan fingerprint density at radius 3 is 2.83 bits per heavy atom. The van der Waals surface area contributed by atoms with E-state index in [0.717, 1.165) is 25.7 Å². The van der Waals surface area contributed by atoms with Crippen LogP contribution in [0.1, 0.15) is 39.5 Å². The van der Waals surface area contributed by atoms with Gasteiger partial charge in [0.25, 0.3) is 5.69 Å². The first kappa shape index (κ1) is 17.7. The number of fused-ring (bicyclic) bond motifs is 1. The highest BCUT2D eigenvalue weighted by Gasteiger charge is 2.16. The zero-order chi connectivity index (χ0) is 17.7. The average Bonchev–Trinajstić information content (AvgIpc) is 2.82. The van der Waals surface area contributed by atoms with Crippen LogP contribution in [0.15, 0.2) is 27.4 Å². The third-order valence-corrected chi connectivity index (χ3v) is 3.81. The lowest BCUT2D eigenvalue weighted by Gasteiger charge is -2.13. The van der Waals surface area contributed by atoms with Crippen molar-refractivity contribution in [3.63, 3.8) is 0 Å². The van der Waals surface area contributed by atoms with Crippen LogP contribution in [0.25, 0.3) is 11.1 Å². The summed E-state index contributed by atoms with van der Waals surface area (Å²) in [5, 5.41) is 13.6. The van der Waals surface area contributed by atoms with E-state index in [1.165, 1.54) is 22.8 Å². The minimum absolute atomic E-state index is 0.0269. The molecule has 1 aromatic heterocycles. The quantitative estimate of drug-likeness (QED) is 0.453. The van der Waals surface area contributed by atoms with Crippen molar-refractivity contribution in [2.45, 2.75) is 52.1 Å². The van der Waals surface area contributed by atoms with E-state index in [9.17, 15) is 19.7 Å². The molecule has 0 bridgehead atoms. The first-order valence-electron chi connectivity index (χ1n) is 7.99. The summed E-state index contributed by atoms with van der Waals surface area (Å²) >= 11 is 0. The van der Waals surface area contributed by atoms with Crippen molar-refractivity contribution in [1.29, 1.82) is 0 Å². The smallest absolute Gasteiger partial charge is 0.407 e. The Bertz CT molecular complexity index is 793. The summed E-state index contributed by atoms with van der Waals surface area (Å²) in [7, 11) is 0. The molecule has 1 atom stereocenters. The summed E-state index contributed by atoms with van der Waals surface area (Å²) in [6, 6.07) is 3.90. The number of benzene rings is 1. The molecule has 2 rings (SSSR count). The second kappa shape index (κ2) is 7.76. The first-order valence-corrected chi connectivity index (χ1v) is 7.99. The Morgan fingerprint density at radius 1 is 1.42 bits per heavy atom. The number of oxazole rings is 1. The monoisotopic (exact) mass is 335 g/mol. The van der Waals surface area contributed by atoms with E-state index in [2.05, 4.69) is 12.2 Å². The molecule has 1 amide bonds. The Labute approximate surface area is 138 Å². The van der Waals surface area contributed by atoms with Gasteiger partial charge in [-0.2, -0.15) is 0 Å². The molecule has 1 unspecified atom stereocenters. The summed E-state index contributed by atoms with van der Waals surface area (Å²) in [5.74, 6) is -0.999. The first-order chi connectivity index (χ1) is 11.4. The molecule has 0 saturated heterocycles. The van der Waals surface area contributed by atoms with Gasteiger partial charge < -0.3 is 9.73 Å². The lowest BCUT2D eigenvalue weighted by molar-refractivity contribution is -0.384. The van der Waals surface area contributed by atoms with Gasteiger partial charge in [-0.3, -0.25) is 19.5 Å². The fraction of sp³-hybridized carbons (Fsp3) is 0.500. The van der Waals surface area contributed by atoms with Crippen LogP contribution in [0.4, 0.5) is 5.69 Å². The SMILES string of the molecule is CCCCCC(C)NC(=O)Cn1c(=O)oc2cc([N+](=O)[O-])ccc21. The van der Waals surface area contributed by atoms with Crippen LogP contribution >= 0.6 is 0 Å². The standard InChI is InChI=1S/C16H21N3O5/c1-3-4-5-6-11(2)17-15(20)10-18-13-8-7-12(19(22)23)9-14(13)24-16(18)21/h7-9,11H,3-6,10H2,1-2H3,(H,17,20). The van der Waals surface area contributed by atoms with E-state index < -0.39 is 10.7 Å². The number of nitro groups is 1. The molecule has 0 aliphatic carbocycles. The van der Waals surface area contributed by atoms with Crippen molar-refractivity contribution in [3.05, 3.63) is 38.9 Å². The molecule has 1 N–H and O–H groups in total. The number of hydrogen-bond acceptors (Lipinski definition) is 5. The predicted octanol–water partition coefficient (Wildman–Crippen LogP) is 2.59. The van der Waals surface area contributed by atoms with Crippen LogP contribution in [0.3, 0.4) is 0 Å². The van der Waals surface area contributed by atoms with E-state index >= 15 is 0 Å². The van der Waals surface area contributed by atoms with Gasteiger partial charge in [-0.15, -0.1) is 0 Å². The van der Waals surface area contributed by atoms with Crippen molar-refractivity contribution in [2.24, 2.45) is 0 Å². The Kier molecular flexibility index (Phi) is 5.73. The van der Waals surface area contributed by atoms with E-state index in [0.29, 0.717) is 5.52 Å². The van der Waals surface area contributed by atoms with Gasteiger partial charge in [0.2, 0.25) is 5.91 Å². The lowest BCUT2D eigenvalue weighted by atomic mass is 10.1. The normalized spacial score (nSPS) is 12.2. The molecule has 1 heterocycles. The maximum atomic E-state index is 12.1. The van der Waals surface area contributed by atoms with E-state index in [1.807, 2.05) is 6.92 Å². The number of rotatable bonds is 8. The maximum absolute atomic E-state index is 12.1. The number of carbonyl (C=O) groups excluding carboxylic acids is 1. The van der Waals surface area contributed by atoms with Gasteiger partial charge in [0, 0.05) is 12.1 Å². The van der Waals surface area contributed by atoms with Crippen LogP contribution in [0.2, 0.25) is 0 Å². The van der Waals surface area contributed by atoms with Gasteiger partial charge in [-0.1, -0.05) is 26.2 Å². The molecule has 0 radical (unpaired) electrons. The molecule has 0 fully saturated rings. The zero-order valence-electron chi connectivity index (χ0n) is 13.8. The number of nitro benzene ring substituents is 1. The number of amides is 1. The van der Waals surface area contributed by atoms with Crippen molar-refractivity contribution >= 4 is 22.7 Å². The molecule has 8 heteroatoms. The highest BCUT2D eigenvalue weighted by Crippen LogP contribution is 2.19. The molecular weight excluding hydrogens is 314 g/mol. The van der Waals surface area contributed by atoms with Crippen molar-refractivity contribution in [3.8, 4) is 0 Å². The molecular formula is C16H21N3O5. The average molecular weight is 335 g/mol. The van der Waals surface area contributed by atoms with Gasteiger partial charge >= 0.3 is 5.76 Å². The van der Waals surface area contributed by atoms with Gasteiger partial charge in [0.15, 0.2) is 5.58 Å². The molecule has 2 aromatic rings. The summed E-state index contributed by atoms with van der Waals surface area (Å²) < 4.78 is 6.17. The number of hydrogen-bond donors (Lipinski definition) is 1. The molecule has 8 nitrogen and oxygen atoms in total. The van der Waals surface area contributed by atoms with Gasteiger partial charge in [0.05, 0.1) is 16.5 Å². The van der Waals surface area contributed by atoms with Gasteiger partial charge in [0.1, 0.15) is 6.54 Å². The second-order valence-corrected chi connectivity index (χ2v) is 5.83. The molecule has 0 aliphatic rings. The Balaban J connectivity index is 2.09. The number of carbonyl (C=O) groups is 1. The van der Waals surface area contributed by atoms with Crippen molar-refractivity contribution in [2.75, 3.05) is 0 Å². The summed E-state index contributed by atoms with van der Waals surface area (Å²) in [6.07, 6.45) is 4.15. The molecule has 130 valence electrons. The Hall–Kier alpha value is -2.64. The third kappa shape index (κ3) is 4.21. The third-order valence-electron chi connectivity index (χ3n) is 3.81. The maximum Gasteiger partial charge on any atom is 0.420 e. The fourth-order valence-corrected chi connectivity index (χ4v) is 2.56. The van der Waals surface area contributed by atoms with Crippen LogP contribution in [-0.4, -0.2) is 21.4 Å². The number of aromatic nitrogens is 1. The zero-order valence-corrected chi connectivity index (χ0v) is 13.8. The summed E-state index contributed by atoms with van der Waals surface area (Å²) in [5.41, 5.74) is 0.287. The number of nitrogens with zero attached hydrogens (tertiary/aromatic N) is 2. The largest absolute Gasteiger partial charge is 0.420 e. The number of non-ortho nitro benzene ring substituents is 1. The summed E-state index contributed by atoms with van der Waals surface area (Å²) in [6.45, 7) is 3.86.